The van der Waals surface area contributed by atoms with Gasteiger partial charge < -0.3 is 19.5 Å². The minimum Gasteiger partial charge on any atom is -0.444 e. The van der Waals surface area contributed by atoms with E-state index in [0.717, 1.165) is 5.69 Å². The number of hydrogen-bond donors (Lipinski definition) is 2. The number of β-amino-alcohol motifs (C(OH)–C–C–N with tert-alkyl or cyclic N) is 1. The summed E-state index contributed by atoms with van der Waals surface area (Å²) in [6.45, 7) is 11.4. The van der Waals surface area contributed by atoms with Crippen LogP contribution in [0.25, 0.3) is 0 Å². The molecular weight excluding hydrogens is 370 g/mol. The number of nitrogens with one attached hydrogen (secondary N) is 1. The summed E-state index contributed by atoms with van der Waals surface area (Å²) in [5.41, 5.74) is -0.401. The van der Waals surface area contributed by atoms with Gasteiger partial charge in [-0.25, -0.2) is 14.6 Å². The van der Waals surface area contributed by atoms with E-state index in [9.17, 15) is 14.7 Å². The lowest BCUT2D eigenvalue weighted by Gasteiger charge is -2.24. The van der Waals surface area contributed by atoms with Crippen LogP contribution >= 0.6 is 11.3 Å². The van der Waals surface area contributed by atoms with E-state index in [1.807, 2.05) is 26.2 Å². The second kappa shape index (κ2) is 8.02. The third kappa shape index (κ3) is 6.99. The van der Waals surface area contributed by atoms with Gasteiger partial charge in [0.15, 0.2) is 5.13 Å². The van der Waals surface area contributed by atoms with E-state index in [1.165, 1.54) is 16.2 Å². The van der Waals surface area contributed by atoms with Gasteiger partial charge in [0, 0.05) is 17.8 Å². The maximum atomic E-state index is 12.2. The summed E-state index contributed by atoms with van der Waals surface area (Å²) in [7, 11) is 0. The van der Waals surface area contributed by atoms with Crippen LogP contribution in [0.4, 0.5) is 14.7 Å². The highest BCUT2D eigenvalue weighted by Gasteiger charge is 2.36. The third-order valence-electron chi connectivity index (χ3n) is 3.69. The van der Waals surface area contributed by atoms with Crippen LogP contribution < -0.4 is 5.32 Å². The van der Waals surface area contributed by atoms with Crippen LogP contribution in [0, 0.1) is 5.92 Å². The first-order valence-corrected chi connectivity index (χ1v) is 9.81. The van der Waals surface area contributed by atoms with Crippen LogP contribution in [-0.4, -0.2) is 57.6 Å². The Morgan fingerprint density at radius 2 is 1.85 bits per heavy atom. The smallest absolute Gasteiger partial charge is 0.413 e. The largest absolute Gasteiger partial charge is 0.444 e. The van der Waals surface area contributed by atoms with Gasteiger partial charge in [-0.3, -0.25) is 5.32 Å². The predicted molar refractivity (Wildman–Crippen MR) is 103 cm³/mol. The standard InChI is InChI=1S/C18H29N3O5S/c1-17(2,3)25-15(23)20-14-19-12(10-27-14)7-11-8-21(9-13(11)22)16(24)26-18(4,5)6/h10-11,13,22H,7-9H2,1-6H3,(H,19,20,23)/t11-,13-/m0/s1. The molecule has 0 aromatic carbocycles. The summed E-state index contributed by atoms with van der Waals surface area (Å²) < 4.78 is 10.6. The average Bonchev–Trinajstić information content (AvgIpc) is 3.03. The number of aliphatic hydroxyl groups excluding tert-OH is 1. The van der Waals surface area contributed by atoms with E-state index in [-0.39, 0.29) is 12.5 Å². The zero-order valence-electron chi connectivity index (χ0n) is 16.7. The van der Waals surface area contributed by atoms with Crippen LogP contribution in [0.15, 0.2) is 5.38 Å². The molecule has 0 saturated carbocycles. The molecule has 0 radical (unpaired) electrons. The molecule has 1 aliphatic rings. The van der Waals surface area contributed by atoms with Gasteiger partial charge in [-0.15, -0.1) is 11.3 Å². The second-order valence-electron chi connectivity index (χ2n) is 8.69. The minimum atomic E-state index is -0.638. The van der Waals surface area contributed by atoms with Gasteiger partial charge in [-0.2, -0.15) is 0 Å². The molecule has 8 nitrogen and oxygen atoms in total. The zero-order valence-corrected chi connectivity index (χ0v) is 17.6. The number of ether oxygens (including phenoxy) is 2. The van der Waals surface area contributed by atoms with Crippen molar-refractivity contribution in [1.82, 2.24) is 9.88 Å². The van der Waals surface area contributed by atoms with Crippen LogP contribution in [-0.2, 0) is 15.9 Å². The lowest BCUT2D eigenvalue weighted by Crippen LogP contribution is -2.35. The second-order valence-corrected chi connectivity index (χ2v) is 9.55. The maximum Gasteiger partial charge on any atom is 0.413 e. The fourth-order valence-electron chi connectivity index (χ4n) is 2.65. The Labute approximate surface area is 163 Å². The molecular formula is C18H29N3O5S. The molecule has 0 unspecified atom stereocenters. The summed E-state index contributed by atoms with van der Waals surface area (Å²) in [5.74, 6) is -0.131. The summed E-state index contributed by atoms with van der Waals surface area (Å²) >= 11 is 1.29. The van der Waals surface area contributed by atoms with Crippen molar-refractivity contribution in [2.75, 3.05) is 18.4 Å². The van der Waals surface area contributed by atoms with E-state index in [1.54, 1.807) is 20.8 Å². The molecule has 1 aromatic heterocycles. The Morgan fingerprint density at radius 1 is 1.22 bits per heavy atom. The quantitative estimate of drug-likeness (QED) is 0.809. The Hall–Kier alpha value is -1.87. The molecule has 1 aliphatic heterocycles. The number of amides is 2. The fourth-order valence-corrected chi connectivity index (χ4v) is 3.36. The molecule has 1 aromatic rings. The zero-order chi connectivity index (χ0) is 20.4. The number of anilines is 1. The lowest BCUT2D eigenvalue weighted by molar-refractivity contribution is 0.0269. The monoisotopic (exact) mass is 399 g/mol. The van der Waals surface area contributed by atoms with Crippen molar-refractivity contribution in [3.8, 4) is 0 Å². The highest BCUT2D eigenvalue weighted by molar-refractivity contribution is 7.13. The molecule has 9 heteroatoms. The number of rotatable bonds is 3. The highest BCUT2D eigenvalue weighted by atomic mass is 32.1. The van der Waals surface area contributed by atoms with Crippen molar-refractivity contribution in [3.63, 3.8) is 0 Å². The molecule has 2 amide bonds. The highest BCUT2D eigenvalue weighted by Crippen LogP contribution is 2.25. The first-order valence-electron chi connectivity index (χ1n) is 8.93. The molecule has 2 N–H and O–H groups in total. The molecule has 0 bridgehead atoms. The van der Waals surface area contributed by atoms with E-state index < -0.39 is 29.5 Å². The summed E-state index contributed by atoms with van der Waals surface area (Å²) in [4.78, 5) is 29.9. The molecule has 2 heterocycles. The van der Waals surface area contributed by atoms with Gasteiger partial charge in [0.25, 0.3) is 0 Å². The maximum absolute atomic E-state index is 12.2. The summed E-state index contributed by atoms with van der Waals surface area (Å²) in [6, 6.07) is 0. The van der Waals surface area contributed by atoms with Gasteiger partial charge in [-0.1, -0.05) is 0 Å². The minimum absolute atomic E-state index is 0.131. The molecule has 1 fully saturated rings. The third-order valence-corrected chi connectivity index (χ3v) is 4.50. The van der Waals surface area contributed by atoms with E-state index in [2.05, 4.69) is 10.3 Å². The first-order chi connectivity index (χ1) is 12.3. The Balaban J connectivity index is 1.89. The number of nitrogens with zero attached hydrogens (tertiary/aromatic N) is 2. The molecule has 152 valence electrons. The Morgan fingerprint density at radius 3 is 2.44 bits per heavy atom. The van der Waals surface area contributed by atoms with Crippen molar-refractivity contribution in [3.05, 3.63) is 11.1 Å². The lowest BCUT2D eigenvalue weighted by atomic mass is 10.0. The van der Waals surface area contributed by atoms with Gasteiger partial charge in [0.1, 0.15) is 11.2 Å². The number of thiazole rings is 1. The fraction of sp³-hybridized carbons (Fsp3) is 0.722. The number of carbonyl (C=O) groups excluding carboxylic acids is 2. The number of carbonyl (C=O) groups is 2. The molecule has 1 saturated heterocycles. The van der Waals surface area contributed by atoms with Crippen molar-refractivity contribution >= 4 is 28.7 Å². The molecule has 2 rings (SSSR count). The van der Waals surface area contributed by atoms with Crippen molar-refractivity contribution in [1.29, 1.82) is 0 Å². The molecule has 2 atom stereocenters. The van der Waals surface area contributed by atoms with Crippen LogP contribution in [0.2, 0.25) is 0 Å². The summed E-state index contributed by atoms with van der Waals surface area (Å²) in [5, 5.41) is 15.2. The normalized spacial score (nSPS) is 20.5. The molecule has 0 aliphatic carbocycles. The molecule has 0 spiro atoms. The predicted octanol–water partition coefficient (Wildman–Crippen LogP) is 3.26. The average molecular weight is 400 g/mol. The van der Waals surface area contributed by atoms with Crippen molar-refractivity contribution in [2.24, 2.45) is 5.92 Å². The van der Waals surface area contributed by atoms with Gasteiger partial charge in [-0.05, 0) is 48.0 Å². The Kier molecular flexibility index (Phi) is 6.36. The topological polar surface area (TPSA) is 101 Å². The van der Waals surface area contributed by atoms with Gasteiger partial charge >= 0.3 is 12.2 Å². The number of aromatic nitrogens is 1. The molecule has 27 heavy (non-hydrogen) atoms. The summed E-state index contributed by atoms with van der Waals surface area (Å²) in [6.07, 6.45) is -1.11. The van der Waals surface area contributed by atoms with Gasteiger partial charge in [0.05, 0.1) is 18.3 Å². The number of aliphatic hydroxyl groups is 1. The van der Waals surface area contributed by atoms with Crippen LogP contribution in [0.1, 0.15) is 47.2 Å². The van der Waals surface area contributed by atoms with Crippen molar-refractivity contribution in [2.45, 2.75) is 65.3 Å². The van der Waals surface area contributed by atoms with Crippen LogP contribution in [0.3, 0.4) is 0 Å². The van der Waals surface area contributed by atoms with E-state index >= 15 is 0 Å². The van der Waals surface area contributed by atoms with Crippen molar-refractivity contribution < 1.29 is 24.2 Å². The van der Waals surface area contributed by atoms with Gasteiger partial charge in [0.2, 0.25) is 0 Å². The number of hydrogen-bond acceptors (Lipinski definition) is 7. The van der Waals surface area contributed by atoms with Crippen LogP contribution in [0.5, 0.6) is 0 Å². The van der Waals surface area contributed by atoms with E-state index in [0.29, 0.717) is 18.1 Å². The Bertz CT molecular complexity index is 677. The SMILES string of the molecule is CC(C)(C)OC(=O)Nc1nc(C[C@H]2CN(C(=O)OC(C)(C)C)C[C@@H]2O)cs1. The van der Waals surface area contributed by atoms with E-state index in [4.69, 9.17) is 9.47 Å². The number of likely N-dealkylation sites (tertiary alicyclic amines) is 1. The first kappa shape index (κ1) is 21.4.